The van der Waals surface area contributed by atoms with Crippen LogP contribution in [0.2, 0.25) is 0 Å². The second-order valence-corrected chi connectivity index (χ2v) is 5.94. The predicted octanol–water partition coefficient (Wildman–Crippen LogP) is 3.11. The molecule has 0 saturated heterocycles. The molecule has 30 heavy (non-hydrogen) atoms. The van der Waals surface area contributed by atoms with Gasteiger partial charge in [0.15, 0.2) is 0 Å². The maximum atomic E-state index is 12.6. The molecule has 2 amide bonds. The van der Waals surface area contributed by atoms with E-state index in [1.165, 1.54) is 42.8 Å². The van der Waals surface area contributed by atoms with Gasteiger partial charge in [0, 0.05) is 17.7 Å². The number of hydrazone groups is 1. The summed E-state index contributed by atoms with van der Waals surface area (Å²) in [6, 6.07) is 17.2. The van der Waals surface area contributed by atoms with Crippen molar-refractivity contribution >= 4 is 29.8 Å². The predicted molar refractivity (Wildman–Crippen MR) is 109 cm³/mol. The quantitative estimate of drug-likeness (QED) is 0.271. The highest BCUT2D eigenvalue weighted by Gasteiger charge is 2.14. The number of nitrogens with one attached hydrogen (secondary N) is 2. The van der Waals surface area contributed by atoms with E-state index in [0.717, 1.165) is 0 Å². The molecule has 0 saturated carbocycles. The lowest BCUT2D eigenvalue weighted by Crippen LogP contribution is -2.32. The van der Waals surface area contributed by atoms with Crippen LogP contribution in [0.5, 0.6) is 0 Å². The van der Waals surface area contributed by atoms with E-state index in [1.807, 2.05) is 0 Å². The van der Waals surface area contributed by atoms with E-state index in [9.17, 15) is 19.7 Å². The SMILES string of the molecule is O=C(NN=Cc1ccco1)C(=Cc1ccc([N+](=O)[O-])cc1)NC(=O)c1ccccc1. The molecule has 0 spiro atoms. The summed E-state index contributed by atoms with van der Waals surface area (Å²) in [5.41, 5.74) is 2.97. The van der Waals surface area contributed by atoms with Gasteiger partial charge in [-0.1, -0.05) is 18.2 Å². The Bertz CT molecular complexity index is 1090. The summed E-state index contributed by atoms with van der Waals surface area (Å²) in [5, 5.41) is 17.1. The summed E-state index contributed by atoms with van der Waals surface area (Å²) in [4.78, 5) is 35.3. The van der Waals surface area contributed by atoms with Crippen LogP contribution in [-0.2, 0) is 4.79 Å². The van der Waals surface area contributed by atoms with Crippen molar-refractivity contribution in [3.05, 3.63) is 106 Å². The van der Waals surface area contributed by atoms with Crippen LogP contribution >= 0.6 is 0 Å². The Morgan fingerprint density at radius 2 is 1.73 bits per heavy atom. The first kappa shape index (κ1) is 20.2. The molecule has 0 aliphatic rings. The van der Waals surface area contributed by atoms with Crippen LogP contribution in [0.4, 0.5) is 5.69 Å². The van der Waals surface area contributed by atoms with Crippen LogP contribution < -0.4 is 10.7 Å². The molecule has 3 rings (SSSR count). The standard InChI is InChI=1S/C21H16N4O5/c26-20(16-5-2-1-3-6-16)23-19(13-15-8-10-17(11-9-15)25(28)29)21(27)24-22-14-18-7-4-12-30-18/h1-14H,(H,23,26)(H,24,27). The third-order valence-electron chi connectivity index (χ3n) is 3.84. The largest absolute Gasteiger partial charge is 0.463 e. The summed E-state index contributed by atoms with van der Waals surface area (Å²) >= 11 is 0. The Kier molecular flexibility index (Phi) is 6.47. The molecule has 1 aromatic heterocycles. The zero-order chi connectivity index (χ0) is 21.3. The molecule has 0 aliphatic carbocycles. The molecule has 150 valence electrons. The third kappa shape index (κ3) is 5.49. The first-order valence-corrected chi connectivity index (χ1v) is 8.72. The maximum Gasteiger partial charge on any atom is 0.287 e. The maximum absolute atomic E-state index is 12.6. The topological polar surface area (TPSA) is 127 Å². The van der Waals surface area contributed by atoms with Gasteiger partial charge < -0.3 is 9.73 Å². The molecular weight excluding hydrogens is 388 g/mol. The van der Waals surface area contributed by atoms with E-state index in [2.05, 4.69) is 15.8 Å². The van der Waals surface area contributed by atoms with Crippen molar-refractivity contribution in [3.8, 4) is 0 Å². The Hall–Kier alpha value is -4.53. The highest BCUT2D eigenvalue weighted by molar-refractivity contribution is 6.05. The molecule has 0 aliphatic heterocycles. The van der Waals surface area contributed by atoms with Crippen LogP contribution in [0.3, 0.4) is 0 Å². The lowest BCUT2D eigenvalue weighted by Gasteiger charge is -2.09. The van der Waals surface area contributed by atoms with Gasteiger partial charge in [-0.15, -0.1) is 0 Å². The van der Waals surface area contributed by atoms with Gasteiger partial charge in [-0.25, -0.2) is 5.43 Å². The summed E-state index contributed by atoms with van der Waals surface area (Å²) in [7, 11) is 0. The van der Waals surface area contributed by atoms with Crippen molar-refractivity contribution in [1.82, 2.24) is 10.7 Å². The van der Waals surface area contributed by atoms with Gasteiger partial charge >= 0.3 is 0 Å². The number of nitro benzene ring substituents is 1. The number of carbonyl (C=O) groups excluding carboxylic acids is 2. The van der Waals surface area contributed by atoms with Gasteiger partial charge in [0.25, 0.3) is 17.5 Å². The highest BCUT2D eigenvalue weighted by Crippen LogP contribution is 2.14. The molecule has 1 heterocycles. The van der Waals surface area contributed by atoms with Crippen molar-refractivity contribution in [1.29, 1.82) is 0 Å². The molecule has 0 atom stereocenters. The number of furan rings is 1. The number of hydrogen-bond donors (Lipinski definition) is 2. The van der Waals surface area contributed by atoms with Crippen LogP contribution in [0.25, 0.3) is 6.08 Å². The van der Waals surface area contributed by atoms with Gasteiger partial charge in [0.05, 0.1) is 17.4 Å². The van der Waals surface area contributed by atoms with Crippen molar-refractivity contribution in [2.75, 3.05) is 0 Å². The number of carbonyl (C=O) groups is 2. The number of benzene rings is 2. The van der Waals surface area contributed by atoms with Crippen molar-refractivity contribution in [3.63, 3.8) is 0 Å². The first-order chi connectivity index (χ1) is 14.5. The number of amides is 2. The molecule has 0 fully saturated rings. The molecular formula is C21H16N4O5. The molecule has 9 nitrogen and oxygen atoms in total. The Labute approximate surface area is 170 Å². The minimum Gasteiger partial charge on any atom is -0.463 e. The van der Waals surface area contributed by atoms with Crippen LogP contribution in [0, 0.1) is 10.1 Å². The van der Waals surface area contributed by atoms with Gasteiger partial charge in [-0.05, 0) is 48.0 Å². The van der Waals surface area contributed by atoms with Crippen LogP contribution in [0.1, 0.15) is 21.7 Å². The summed E-state index contributed by atoms with van der Waals surface area (Å²) < 4.78 is 5.08. The van der Waals surface area contributed by atoms with E-state index in [1.54, 1.807) is 42.5 Å². The summed E-state index contributed by atoms with van der Waals surface area (Å²) in [5.74, 6) is -0.737. The second kappa shape index (κ2) is 9.60. The Balaban J connectivity index is 1.82. The zero-order valence-corrected chi connectivity index (χ0v) is 15.5. The van der Waals surface area contributed by atoms with Gasteiger partial charge in [0.2, 0.25) is 0 Å². The average molecular weight is 404 g/mol. The highest BCUT2D eigenvalue weighted by atomic mass is 16.6. The van der Waals surface area contributed by atoms with E-state index in [0.29, 0.717) is 16.9 Å². The Morgan fingerprint density at radius 3 is 2.37 bits per heavy atom. The molecule has 0 bridgehead atoms. The van der Waals surface area contributed by atoms with E-state index in [-0.39, 0.29) is 11.4 Å². The normalized spacial score (nSPS) is 11.3. The zero-order valence-electron chi connectivity index (χ0n) is 15.5. The number of rotatable bonds is 7. The van der Waals surface area contributed by atoms with Crippen molar-refractivity contribution in [2.45, 2.75) is 0 Å². The summed E-state index contributed by atoms with van der Waals surface area (Å²) in [6.07, 6.45) is 4.16. The molecule has 2 aromatic carbocycles. The van der Waals surface area contributed by atoms with Gasteiger partial charge in [0.1, 0.15) is 11.5 Å². The lowest BCUT2D eigenvalue weighted by atomic mass is 10.1. The fraction of sp³-hybridized carbons (Fsp3) is 0. The third-order valence-corrected chi connectivity index (χ3v) is 3.84. The molecule has 3 aromatic rings. The minimum atomic E-state index is -0.680. The lowest BCUT2D eigenvalue weighted by molar-refractivity contribution is -0.384. The number of hydrogen-bond acceptors (Lipinski definition) is 6. The molecule has 9 heteroatoms. The van der Waals surface area contributed by atoms with E-state index < -0.39 is 16.7 Å². The summed E-state index contributed by atoms with van der Waals surface area (Å²) in [6.45, 7) is 0. The molecule has 2 N–H and O–H groups in total. The fourth-order valence-corrected chi connectivity index (χ4v) is 2.38. The number of nitrogens with zero attached hydrogens (tertiary/aromatic N) is 2. The van der Waals surface area contributed by atoms with E-state index >= 15 is 0 Å². The monoisotopic (exact) mass is 404 g/mol. The first-order valence-electron chi connectivity index (χ1n) is 8.72. The van der Waals surface area contributed by atoms with Gasteiger partial charge in [-0.2, -0.15) is 5.10 Å². The fourth-order valence-electron chi connectivity index (χ4n) is 2.38. The average Bonchev–Trinajstić information content (AvgIpc) is 3.27. The Morgan fingerprint density at radius 1 is 1.00 bits per heavy atom. The number of nitro groups is 1. The van der Waals surface area contributed by atoms with Crippen molar-refractivity contribution in [2.24, 2.45) is 5.10 Å². The molecule has 0 unspecified atom stereocenters. The van der Waals surface area contributed by atoms with Crippen molar-refractivity contribution < 1.29 is 18.9 Å². The second-order valence-electron chi connectivity index (χ2n) is 5.94. The minimum absolute atomic E-state index is 0.0884. The van der Waals surface area contributed by atoms with E-state index in [4.69, 9.17) is 4.42 Å². The van der Waals surface area contributed by atoms with Crippen LogP contribution in [-0.4, -0.2) is 23.0 Å². The smallest absolute Gasteiger partial charge is 0.287 e. The van der Waals surface area contributed by atoms with Crippen LogP contribution in [0.15, 0.2) is 88.2 Å². The molecule has 0 radical (unpaired) electrons. The number of non-ortho nitro benzene ring substituents is 1. The van der Waals surface area contributed by atoms with Gasteiger partial charge in [-0.3, -0.25) is 19.7 Å².